The van der Waals surface area contributed by atoms with Crippen molar-refractivity contribution in [1.82, 2.24) is 10.2 Å². The first-order valence-corrected chi connectivity index (χ1v) is 15.2. The maximum Gasteiger partial charge on any atom is 0.264 e. The number of sulfonamides is 1. The number of nitrogens with one attached hydrogen (secondary N) is 1. The highest BCUT2D eigenvalue weighted by Crippen LogP contribution is 2.32. The maximum absolute atomic E-state index is 14.1. The first-order chi connectivity index (χ1) is 20.6. The molecule has 12 heteroatoms. The van der Waals surface area contributed by atoms with Gasteiger partial charge in [-0.25, -0.2) is 12.8 Å². The van der Waals surface area contributed by atoms with E-state index in [2.05, 4.69) is 5.32 Å². The Morgan fingerprint density at radius 3 is 2.09 bits per heavy atom. The topological polar surface area (TPSA) is 114 Å². The highest BCUT2D eigenvalue weighted by Gasteiger charge is 2.34. The van der Waals surface area contributed by atoms with Crippen LogP contribution in [0.5, 0.6) is 17.2 Å². The molecule has 2 amide bonds. The summed E-state index contributed by atoms with van der Waals surface area (Å²) in [6, 6.07) is 15.0. The van der Waals surface area contributed by atoms with Gasteiger partial charge in [0.25, 0.3) is 10.0 Å². The molecular formula is C31H38FN3O7S. The monoisotopic (exact) mass is 615 g/mol. The highest BCUT2D eigenvalue weighted by molar-refractivity contribution is 7.92. The number of amides is 2. The lowest BCUT2D eigenvalue weighted by atomic mass is 10.1. The van der Waals surface area contributed by atoms with E-state index in [9.17, 15) is 22.4 Å². The molecule has 0 spiro atoms. The summed E-state index contributed by atoms with van der Waals surface area (Å²) in [6.07, 6.45) is 0.993. The molecule has 0 aliphatic heterocycles. The van der Waals surface area contributed by atoms with Gasteiger partial charge in [-0.1, -0.05) is 26.0 Å². The van der Waals surface area contributed by atoms with E-state index >= 15 is 0 Å². The van der Waals surface area contributed by atoms with Gasteiger partial charge < -0.3 is 24.4 Å². The summed E-state index contributed by atoms with van der Waals surface area (Å²) in [5, 5.41) is 2.84. The number of halogens is 1. The molecule has 0 fully saturated rings. The van der Waals surface area contributed by atoms with Gasteiger partial charge in [-0.15, -0.1) is 0 Å². The minimum absolute atomic E-state index is 0.0363. The molecule has 3 rings (SSSR count). The molecule has 0 aliphatic rings. The molecule has 3 aromatic rings. The minimum Gasteiger partial charge on any atom is -0.497 e. The number of nitrogens with zero attached hydrogens (tertiary/aromatic N) is 2. The Morgan fingerprint density at radius 2 is 1.53 bits per heavy atom. The van der Waals surface area contributed by atoms with Crippen molar-refractivity contribution in [2.45, 2.75) is 44.2 Å². The molecule has 0 radical (unpaired) electrons. The molecule has 0 aliphatic carbocycles. The van der Waals surface area contributed by atoms with Crippen LogP contribution in [0, 0.1) is 5.82 Å². The predicted molar refractivity (Wildman–Crippen MR) is 161 cm³/mol. The third-order valence-electron chi connectivity index (χ3n) is 6.78. The van der Waals surface area contributed by atoms with Crippen molar-refractivity contribution in [2.75, 3.05) is 38.7 Å². The summed E-state index contributed by atoms with van der Waals surface area (Å²) in [5.74, 6) is -0.421. The van der Waals surface area contributed by atoms with Crippen LogP contribution >= 0.6 is 0 Å². The van der Waals surface area contributed by atoms with Gasteiger partial charge in [0.15, 0.2) is 11.5 Å². The van der Waals surface area contributed by atoms with Crippen LogP contribution in [0.4, 0.5) is 10.1 Å². The van der Waals surface area contributed by atoms with Crippen molar-refractivity contribution in [3.8, 4) is 17.2 Å². The molecule has 1 N–H and O–H groups in total. The van der Waals surface area contributed by atoms with Gasteiger partial charge in [-0.05, 0) is 66.9 Å². The van der Waals surface area contributed by atoms with Crippen LogP contribution in [0.2, 0.25) is 0 Å². The van der Waals surface area contributed by atoms with Crippen molar-refractivity contribution < 1.29 is 36.6 Å². The summed E-state index contributed by atoms with van der Waals surface area (Å²) in [6.45, 7) is 3.50. The van der Waals surface area contributed by atoms with E-state index in [0.717, 1.165) is 16.4 Å². The molecule has 0 unspecified atom stereocenters. The van der Waals surface area contributed by atoms with Crippen LogP contribution < -0.4 is 23.8 Å². The zero-order valence-corrected chi connectivity index (χ0v) is 25.8. The molecule has 10 nitrogen and oxygen atoms in total. The maximum atomic E-state index is 14.1. The lowest BCUT2D eigenvalue weighted by Gasteiger charge is -2.33. The normalized spacial score (nSPS) is 11.8. The van der Waals surface area contributed by atoms with Crippen molar-refractivity contribution >= 4 is 27.5 Å². The van der Waals surface area contributed by atoms with Gasteiger partial charge in [0, 0.05) is 19.2 Å². The molecule has 43 heavy (non-hydrogen) atoms. The van der Waals surface area contributed by atoms with E-state index in [1.54, 1.807) is 38.3 Å². The van der Waals surface area contributed by atoms with Crippen LogP contribution in [0.1, 0.15) is 32.3 Å². The van der Waals surface area contributed by atoms with Gasteiger partial charge in [0.2, 0.25) is 11.8 Å². The predicted octanol–water partition coefficient (Wildman–Crippen LogP) is 4.38. The van der Waals surface area contributed by atoms with Crippen LogP contribution in [0.25, 0.3) is 0 Å². The Morgan fingerprint density at radius 1 is 0.884 bits per heavy atom. The molecule has 3 aromatic carbocycles. The average molecular weight is 616 g/mol. The summed E-state index contributed by atoms with van der Waals surface area (Å²) < 4.78 is 58.6. The largest absolute Gasteiger partial charge is 0.497 e. The lowest BCUT2D eigenvalue weighted by Crippen LogP contribution is -2.52. The third-order valence-corrected chi connectivity index (χ3v) is 8.55. The molecular weight excluding hydrogens is 577 g/mol. The fourth-order valence-electron chi connectivity index (χ4n) is 4.45. The molecule has 0 saturated heterocycles. The number of anilines is 1. The number of rotatable bonds is 15. The zero-order chi connectivity index (χ0) is 31.6. The minimum atomic E-state index is -4.39. The Hall–Kier alpha value is -4.32. The Kier molecular flexibility index (Phi) is 11.8. The SMILES string of the molecule is CCCNC(=O)[C@H](CC)N(Cc1ccc(OC)cc1)C(=O)CN(c1ccc(F)cc1)S(=O)(=O)c1ccc(OC)c(OC)c1. The molecule has 0 saturated carbocycles. The lowest BCUT2D eigenvalue weighted by molar-refractivity contribution is -0.140. The molecule has 0 aromatic heterocycles. The fraction of sp³-hybridized carbons (Fsp3) is 0.355. The summed E-state index contributed by atoms with van der Waals surface area (Å²) in [4.78, 5) is 28.5. The van der Waals surface area contributed by atoms with Crippen LogP contribution in [0.3, 0.4) is 0 Å². The van der Waals surface area contributed by atoms with Crippen molar-refractivity contribution in [3.63, 3.8) is 0 Å². The van der Waals surface area contributed by atoms with Gasteiger partial charge in [0.1, 0.15) is 24.2 Å². The Bertz CT molecular complexity index is 1480. The summed E-state index contributed by atoms with van der Waals surface area (Å²) in [7, 11) is -0.0502. The number of methoxy groups -OCH3 is 3. The number of hydrogen-bond acceptors (Lipinski definition) is 7. The van der Waals surface area contributed by atoms with E-state index in [0.29, 0.717) is 30.0 Å². The molecule has 0 heterocycles. The van der Waals surface area contributed by atoms with Gasteiger partial charge >= 0.3 is 0 Å². The second-order valence-electron chi connectivity index (χ2n) is 9.59. The molecule has 232 valence electrons. The summed E-state index contributed by atoms with van der Waals surface area (Å²) >= 11 is 0. The number of carbonyl (C=O) groups excluding carboxylic acids is 2. The highest BCUT2D eigenvalue weighted by atomic mass is 32.2. The second kappa shape index (κ2) is 15.2. The van der Waals surface area contributed by atoms with Gasteiger partial charge in [-0.3, -0.25) is 13.9 Å². The zero-order valence-electron chi connectivity index (χ0n) is 25.0. The Labute approximate surface area is 252 Å². The van der Waals surface area contributed by atoms with E-state index in [1.165, 1.54) is 49.5 Å². The average Bonchev–Trinajstić information content (AvgIpc) is 3.02. The quantitative estimate of drug-likeness (QED) is 0.270. The van der Waals surface area contributed by atoms with Crippen LogP contribution in [-0.4, -0.2) is 65.6 Å². The van der Waals surface area contributed by atoms with Crippen LogP contribution in [-0.2, 0) is 26.2 Å². The third kappa shape index (κ3) is 8.16. The first kappa shape index (κ1) is 33.2. The summed E-state index contributed by atoms with van der Waals surface area (Å²) in [5.41, 5.74) is 0.782. The Balaban J connectivity index is 2.08. The standard InChI is InChI=1S/C31H38FN3O7S/c1-6-18-33-31(37)27(7-2)34(20-22-8-14-25(40-3)15-9-22)30(36)21-35(24-12-10-23(32)11-13-24)43(38,39)26-16-17-28(41-4)29(19-26)42-5/h8-17,19,27H,6-7,18,20-21H2,1-5H3,(H,33,37)/t27-/m0/s1. The molecule has 1 atom stereocenters. The second-order valence-corrected chi connectivity index (χ2v) is 11.5. The van der Waals surface area contributed by atoms with Gasteiger partial charge in [-0.2, -0.15) is 0 Å². The van der Waals surface area contributed by atoms with Gasteiger partial charge in [0.05, 0.1) is 31.9 Å². The van der Waals surface area contributed by atoms with E-state index < -0.39 is 34.3 Å². The van der Waals surface area contributed by atoms with Crippen LogP contribution in [0.15, 0.2) is 71.6 Å². The number of hydrogen-bond donors (Lipinski definition) is 1. The number of benzene rings is 3. The van der Waals surface area contributed by atoms with Crippen molar-refractivity contribution in [2.24, 2.45) is 0 Å². The number of ether oxygens (including phenoxy) is 3. The van der Waals surface area contributed by atoms with E-state index in [4.69, 9.17) is 14.2 Å². The molecule has 0 bridgehead atoms. The van der Waals surface area contributed by atoms with E-state index in [-0.39, 0.29) is 35.2 Å². The smallest absolute Gasteiger partial charge is 0.264 e. The van der Waals surface area contributed by atoms with Crippen molar-refractivity contribution in [1.29, 1.82) is 0 Å². The van der Waals surface area contributed by atoms with E-state index in [1.807, 2.05) is 6.92 Å². The van der Waals surface area contributed by atoms with Crippen molar-refractivity contribution in [3.05, 3.63) is 78.1 Å². The fourth-order valence-corrected chi connectivity index (χ4v) is 5.88. The first-order valence-electron chi connectivity index (χ1n) is 13.8. The number of carbonyl (C=O) groups is 2.